The monoisotopic (exact) mass is 189 g/mol. The van der Waals surface area contributed by atoms with E-state index < -0.39 is 4.92 Å². The van der Waals surface area contributed by atoms with Gasteiger partial charge in [0.15, 0.2) is 0 Å². The first-order valence-corrected chi connectivity index (χ1v) is 4.06. The van der Waals surface area contributed by atoms with Gasteiger partial charge in [-0.2, -0.15) is 0 Å². The highest BCUT2D eigenvalue weighted by Crippen LogP contribution is 2.13. The number of nitrogens with zero attached hydrogens (tertiary/aromatic N) is 3. The smallest absolute Gasteiger partial charge is 0.268 e. The summed E-state index contributed by atoms with van der Waals surface area (Å²) in [5.41, 5.74) is 1.72. The van der Waals surface area contributed by atoms with Crippen molar-refractivity contribution >= 4 is 17.6 Å². The minimum absolute atomic E-state index is 0.0873. The molecule has 1 aromatic rings. The van der Waals surface area contributed by atoms with Gasteiger partial charge < -0.3 is 0 Å². The lowest BCUT2D eigenvalue weighted by atomic mass is 10.1. The largest absolute Gasteiger partial charge is 0.269 e. The van der Waals surface area contributed by atoms with Gasteiger partial charge in [0, 0.05) is 23.9 Å². The van der Waals surface area contributed by atoms with E-state index in [0.29, 0.717) is 6.67 Å². The van der Waals surface area contributed by atoms with E-state index >= 15 is 0 Å². The van der Waals surface area contributed by atoms with Gasteiger partial charge in [-0.3, -0.25) is 20.1 Å². The summed E-state index contributed by atoms with van der Waals surface area (Å²) in [5, 5.41) is 10.4. The predicted molar refractivity (Wildman–Crippen MR) is 53.0 cm³/mol. The van der Waals surface area contributed by atoms with Crippen molar-refractivity contribution in [3.8, 4) is 0 Å². The third-order valence-corrected chi connectivity index (χ3v) is 1.91. The molecule has 1 aliphatic rings. The van der Waals surface area contributed by atoms with Crippen molar-refractivity contribution in [3.05, 3.63) is 39.9 Å². The predicted octanol–water partition coefficient (Wildman–Crippen LogP) is 1.43. The molecule has 0 aliphatic carbocycles. The summed E-state index contributed by atoms with van der Waals surface area (Å²) >= 11 is 0. The van der Waals surface area contributed by atoms with Crippen LogP contribution in [-0.2, 0) is 0 Å². The molecular weight excluding hydrogens is 182 g/mol. The van der Waals surface area contributed by atoms with Crippen LogP contribution in [0.4, 0.5) is 5.69 Å². The molecular formula is C9H7N3O2. The molecule has 0 fully saturated rings. The summed E-state index contributed by atoms with van der Waals surface area (Å²) in [6, 6.07) is 6.27. The van der Waals surface area contributed by atoms with Crippen molar-refractivity contribution in [3.63, 3.8) is 0 Å². The van der Waals surface area contributed by atoms with Crippen LogP contribution in [0.1, 0.15) is 5.56 Å². The third kappa shape index (κ3) is 1.52. The lowest BCUT2D eigenvalue weighted by Crippen LogP contribution is -1.99. The number of aliphatic imine (C=N–C) groups is 2. The molecule has 5 heteroatoms. The first-order valence-electron chi connectivity index (χ1n) is 4.06. The normalized spacial score (nSPS) is 14.1. The van der Waals surface area contributed by atoms with Crippen LogP contribution >= 0.6 is 0 Å². The Kier molecular flexibility index (Phi) is 2.06. The lowest BCUT2D eigenvalue weighted by molar-refractivity contribution is -0.384. The highest BCUT2D eigenvalue weighted by molar-refractivity contribution is 6.39. The van der Waals surface area contributed by atoms with Crippen LogP contribution in [0.2, 0.25) is 0 Å². The number of nitro groups is 1. The fourth-order valence-electron chi connectivity index (χ4n) is 1.20. The number of non-ortho nitro benzene ring substituents is 1. The average molecular weight is 189 g/mol. The van der Waals surface area contributed by atoms with Crippen LogP contribution < -0.4 is 0 Å². The van der Waals surface area contributed by atoms with Crippen molar-refractivity contribution in [1.82, 2.24) is 0 Å². The van der Waals surface area contributed by atoms with Crippen LogP contribution in [-0.4, -0.2) is 23.5 Å². The van der Waals surface area contributed by atoms with Crippen LogP contribution in [0.25, 0.3) is 0 Å². The molecule has 0 N–H and O–H groups in total. The van der Waals surface area contributed by atoms with Gasteiger partial charge in [0.25, 0.3) is 5.69 Å². The molecule has 1 heterocycles. The van der Waals surface area contributed by atoms with E-state index in [1.54, 1.807) is 18.3 Å². The van der Waals surface area contributed by atoms with Gasteiger partial charge in [0.2, 0.25) is 0 Å². The van der Waals surface area contributed by atoms with Crippen LogP contribution in [0.15, 0.2) is 34.3 Å². The summed E-state index contributed by atoms with van der Waals surface area (Å²) in [5.74, 6) is 0. The second kappa shape index (κ2) is 3.37. The topological polar surface area (TPSA) is 67.9 Å². The molecule has 0 saturated carbocycles. The van der Waals surface area contributed by atoms with Crippen LogP contribution in [0.3, 0.4) is 0 Å². The van der Waals surface area contributed by atoms with Crippen molar-refractivity contribution in [1.29, 1.82) is 0 Å². The quantitative estimate of drug-likeness (QED) is 0.521. The van der Waals surface area contributed by atoms with Gasteiger partial charge in [-0.25, -0.2) is 0 Å². The van der Waals surface area contributed by atoms with Crippen LogP contribution in [0.5, 0.6) is 0 Å². The molecule has 0 bridgehead atoms. The zero-order valence-corrected chi connectivity index (χ0v) is 7.25. The molecule has 14 heavy (non-hydrogen) atoms. The van der Waals surface area contributed by atoms with E-state index in [1.165, 1.54) is 12.1 Å². The third-order valence-electron chi connectivity index (χ3n) is 1.91. The maximum atomic E-state index is 10.4. The van der Waals surface area contributed by atoms with Gasteiger partial charge >= 0.3 is 0 Å². The Morgan fingerprint density at radius 1 is 1.29 bits per heavy atom. The first-order chi connectivity index (χ1) is 6.77. The minimum atomic E-state index is -0.422. The molecule has 1 aliphatic heterocycles. The molecule has 70 valence electrons. The Morgan fingerprint density at radius 2 is 2.00 bits per heavy atom. The SMILES string of the molecule is O=[N+]([O-])c1ccc(C2=NCN=C2)cc1. The summed E-state index contributed by atoms with van der Waals surface area (Å²) < 4.78 is 0. The molecule has 1 aromatic carbocycles. The minimum Gasteiger partial charge on any atom is -0.268 e. The van der Waals surface area contributed by atoms with Gasteiger partial charge in [0.05, 0.1) is 10.6 Å². The Bertz CT molecular complexity index is 420. The number of nitro benzene ring substituents is 1. The second-order valence-electron chi connectivity index (χ2n) is 2.80. The summed E-state index contributed by atoms with van der Waals surface area (Å²) in [4.78, 5) is 18.0. The molecule has 0 unspecified atom stereocenters. The Morgan fingerprint density at radius 3 is 2.50 bits per heavy atom. The van der Waals surface area contributed by atoms with Crippen molar-refractivity contribution in [2.45, 2.75) is 0 Å². The zero-order valence-electron chi connectivity index (χ0n) is 7.25. The van der Waals surface area contributed by atoms with Gasteiger partial charge in [0.1, 0.15) is 6.67 Å². The average Bonchev–Trinajstić information content (AvgIpc) is 2.71. The fraction of sp³-hybridized carbons (Fsp3) is 0.111. The van der Waals surface area contributed by atoms with Gasteiger partial charge in [-0.1, -0.05) is 0 Å². The zero-order chi connectivity index (χ0) is 9.97. The number of rotatable bonds is 2. The van der Waals surface area contributed by atoms with Crippen LogP contribution in [0, 0.1) is 10.1 Å². The van der Waals surface area contributed by atoms with Gasteiger partial charge in [-0.05, 0) is 12.1 Å². The van der Waals surface area contributed by atoms with Crippen molar-refractivity contribution < 1.29 is 4.92 Å². The number of hydrogen-bond donors (Lipinski definition) is 0. The van der Waals surface area contributed by atoms with Gasteiger partial charge in [-0.15, -0.1) is 0 Å². The standard InChI is InChI=1S/C9H7N3O2/c13-12(14)8-3-1-7(2-4-8)9-5-10-6-11-9/h1-5H,6H2. The van der Waals surface area contributed by atoms with Crippen molar-refractivity contribution in [2.75, 3.05) is 6.67 Å². The number of hydrogen-bond acceptors (Lipinski definition) is 4. The lowest BCUT2D eigenvalue weighted by Gasteiger charge is -1.96. The molecule has 0 atom stereocenters. The molecule has 0 radical (unpaired) electrons. The Hall–Kier alpha value is -2.04. The van der Waals surface area contributed by atoms with E-state index in [2.05, 4.69) is 9.98 Å². The van der Waals surface area contributed by atoms with E-state index in [1.807, 2.05) is 0 Å². The first kappa shape index (κ1) is 8.55. The molecule has 0 saturated heterocycles. The molecule has 5 nitrogen and oxygen atoms in total. The highest BCUT2D eigenvalue weighted by Gasteiger charge is 2.07. The van der Waals surface area contributed by atoms with E-state index in [9.17, 15) is 10.1 Å². The maximum absolute atomic E-state index is 10.4. The molecule has 0 aromatic heterocycles. The summed E-state index contributed by atoms with van der Waals surface area (Å²) in [7, 11) is 0. The molecule has 2 rings (SSSR count). The van der Waals surface area contributed by atoms with E-state index in [4.69, 9.17) is 0 Å². The molecule has 0 amide bonds. The van der Waals surface area contributed by atoms with Crippen molar-refractivity contribution in [2.24, 2.45) is 9.98 Å². The Labute approximate surface area is 80.0 Å². The van der Waals surface area contributed by atoms with E-state index in [-0.39, 0.29) is 5.69 Å². The second-order valence-corrected chi connectivity index (χ2v) is 2.80. The number of benzene rings is 1. The summed E-state index contributed by atoms with van der Waals surface area (Å²) in [6.45, 7) is 0.451. The molecule has 0 spiro atoms. The van der Waals surface area contributed by atoms with E-state index in [0.717, 1.165) is 11.3 Å². The fourth-order valence-corrected chi connectivity index (χ4v) is 1.20. The highest BCUT2D eigenvalue weighted by atomic mass is 16.6. The Balaban J connectivity index is 2.30. The summed E-state index contributed by atoms with van der Waals surface area (Å²) in [6.07, 6.45) is 1.67. The maximum Gasteiger partial charge on any atom is 0.269 e.